The predicted molar refractivity (Wildman–Crippen MR) is 48.1 cm³/mol. The number of ether oxygens (including phenoxy) is 1. The predicted octanol–water partition coefficient (Wildman–Crippen LogP) is 2.39. The molecule has 1 N–H and O–H groups in total. The van der Waals surface area contributed by atoms with Gasteiger partial charge in [0.05, 0.1) is 10.2 Å². The maximum absolute atomic E-state index is 13.0. The summed E-state index contributed by atoms with van der Waals surface area (Å²) in [5.74, 6) is 0.277. The van der Waals surface area contributed by atoms with Crippen LogP contribution in [0.5, 0.6) is 5.75 Å². The molecule has 64 valence electrons. The van der Waals surface area contributed by atoms with E-state index in [1.165, 1.54) is 6.07 Å². The Morgan fingerprint density at radius 2 is 2.33 bits per heavy atom. The molecule has 1 aliphatic heterocycles. The van der Waals surface area contributed by atoms with E-state index in [1.54, 1.807) is 6.07 Å². The summed E-state index contributed by atoms with van der Waals surface area (Å²) in [5.41, 5.74) is 0.842. The van der Waals surface area contributed by atoms with Crippen molar-refractivity contribution < 1.29 is 9.13 Å². The molecule has 2 rings (SSSR count). The summed E-state index contributed by atoms with van der Waals surface area (Å²) >= 11 is 3.13. The van der Waals surface area contributed by atoms with E-state index in [9.17, 15) is 4.39 Å². The summed E-state index contributed by atoms with van der Waals surface area (Å²) < 4.78 is 18.6. The van der Waals surface area contributed by atoms with E-state index in [0.717, 1.165) is 12.2 Å². The average molecular weight is 232 g/mol. The van der Waals surface area contributed by atoms with Crippen LogP contribution in [0.25, 0.3) is 0 Å². The van der Waals surface area contributed by atoms with Gasteiger partial charge in [-0.25, -0.2) is 4.39 Å². The third-order valence-corrected chi connectivity index (χ3v) is 2.45. The van der Waals surface area contributed by atoms with Crippen molar-refractivity contribution in [1.82, 2.24) is 0 Å². The Balaban J connectivity index is 2.54. The summed E-state index contributed by atoms with van der Waals surface area (Å²) in [6.45, 7) is 1.35. The van der Waals surface area contributed by atoms with Crippen molar-refractivity contribution in [3.05, 3.63) is 22.4 Å². The van der Waals surface area contributed by atoms with Gasteiger partial charge in [0.15, 0.2) is 5.75 Å². The van der Waals surface area contributed by atoms with Crippen LogP contribution >= 0.6 is 15.9 Å². The molecule has 1 aromatic rings. The van der Waals surface area contributed by atoms with Crippen LogP contribution < -0.4 is 10.1 Å². The Morgan fingerprint density at radius 1 is 1.50 bits per heavy atom. The largest absolute Gasteiger partial charge is 0.488 e. The molecule has 0 aromatic heterocycles. The van der Waals surface area contributed by atoms with Gasteiger partial charge in [0.1, 0.15) is 12.4 Å². The van der Waals surface area contributed by atoms with Crippen molar-refractivity contribution in [2.75, 3.05) is 18.5 Å². The van der Waals surface area contributed by atoms with Crippen molar-refractivity contribution in [1.29, 1.82) is 0 Å². The first-order valence-electron chi connectivity index (χ1n) is 3.64. The zero-order valence-electron chi connectivity index (χ0n) is 6.23. The van der Waals surface area contributed by atoms with E-state index in [1.807, 2.05) is 0 Å². The molecule has 0 saturated heterocycles. The molecule has 0 atom stereocenters. The number of hydrogen-bond acceptors (Lipinski definition) is 2. The lowest BCUT2D eigenvalue weighted by Crippen LogP contribution is -2.18. The fraction of sp³-hybridized carbons (Fsp3) is 0.250. The van der Waals surface area contributed by atoms with E-state index < -0.39 is 0 Å². The molecular weight excluding hydrogens is 225 g/mol. The number of fused-ring (bicyclic) bond motifs is 1. The zero-order valence-corrected chi connectivity index (χ0v) is 7.82. The highest BCUT2D eigenvalue weighted by molar-refractivity contribution is 9.10. The van der Waals surface area contributed by atoms with Gasteiger partial charge in [0.2, 0.25) is 0 Å². The van der Waals surface area contributed by atoms with Gasteiger partial charge in [-0.1, -0.05) is 0 Å². The second-order valence-electron chi connectivity index (χ2n) is 2.51. The smallest absolute Gasteiger partial charge is 0.159 e. The Hall–Kier alpha value is -0.770. The zero-order chi connectivity index (χ0) is 8.55. The highest BCUT2D eigenvalue weighted by atomic mass is 79.9. The minimum Gasteiger partial charge on any atom is -0.488 e. The van der Waals surface area contributed by atoms with Crippen molar-refractivity contribution in [3.8, 4) is 5.75 Å². The first kappa shape index (κ1) is 7.86. The fourth-order valence-corrected chi connectivity index (χ4v) is 1.61. The van der Waals surface area contributed by atoms with Gasteiger partial charge >= 0.3 is 0 Å². The van der Waals surface area contributed by atoms with Crippen LogP contribution in [0.2, 0.25) is 0 Å². The van der Waals surface area contributed by atoms with Gasteiger partial charge in [0.25, 0.3) is 0 Å². The summed E-state index contributed by atoms with van der Waals surface area (Å²) in [5, 5.41) is 3.11. The second kappa shape index (κ2) is 2.94. The molecule has 0 bridgehead atoms. The molecule has 1 aromatic carbocycles. The summed E-state index contributed by atoms with van der Waals surface area (Å²) in [6, 6.07) is 3.08. The average Bonchev–Trinajstić information content (AvgIpc) is 2.12. The molecule has 1 aliphatic rings. The van der Waals surface area contributed by atoms with Gasteiger partial charge in [-0.3, -0.25) is 0 Å². The van der Waals surface area contributed by atoms with Crippen molar-refractivity contribution in [2.24, 2.45) is 0 Å². The Kier molecular flexibility index (Phi) is 1.92. The molecule has 0 unspecified atom stereocenters. The van der Waals surface area contributed by atoms with E-state index in [2.05, 4.69) is 21.2 Å². The second-order valence-corrected chi connectivity index (χ2v) is 3.31. The molecule has 0 radical (unpaired) electrons. The third-order valence-electron chi connectivity index (χ3n) is 1.71. The number of anilines is 1. The summed E-state index contributed by atoms with van der Waals surface area (Å²) in [4.78, 5) is 0. The molecule has 0 aliphatic carbocycles. The van der Waals surface area contributed by atoms with Crippen LogP contribution in [0.4, 0.5) is 10.1 Å². The lowest BCUT2D eigenvalue weighted by molar-refractivity contribution is 0.319. The minimum atomic E-state index is -0.294. The lowest BCUT2D eigenvalue weighted by atomic mass is 10.2. The molecule has 2 nitrogen and oxygen atoms in total. The van der Waals surface area contributed by atoms with Crippen molar-refractivity contribution >= 4 is 21.6 Å². The third kappa shape index (κ3) is 1.16. The van der Waals surface area contributed by atoms with Crippen molar-refractivity contribution in [2.45, 2.75) is 0 Å². The number of hydrogen-bond donors (Lipinski definition) is 1. The number of halogens is 2. The van der Waals surface area contributed by atoms with Gasteiger partial charge in [-0.15, -0.1) is 0 Å². The molecule has 0 amide bonds. The number of benzene rings is 1. The van der Waals surface area contributed by atoms with Crippen LogP contribution in [-0.2, 0) is 0 Å². The minimum absolute atomic E-state index is 0.294. The van der Waals surface area contributed by atoms with E-state index >= 15 is 0 Å². The van der Waals surface area contributed by atoms with Gasteiger partial charge < -0.3 is 10.1 Å². The topological polar surface area (TPSA) is 21.3 Å². The van der Waals surface area contributed by atoms with Crippen LogP contribution in [0.15, 0.2) is 16.6 Å². The number of nitrogens with one attached hydrogen (secondary N) is 1. The first-order chi connectivity index (χ1) is 5.79. The van der Waals surface area contributed by atoms with Crippen LogP contribution in [0.1, 0.15) is 0 Å². The molecular formula is C8H7BrFNO. The molecule has 0 spiro atoms. The first-order valence-corrected chi connectivity index (χ1v) is 4.43. The highest BCUT2D eigenvalue weighted by Gasteiger charge is 2.15. The van der Waals surface area contributed by atoms with Crippen LogP contribution in [-0.4, -0.2) is 13.2 Å². The van der Waals surface area contributed by atoms with E-state index in [-0.39, 0.29) is 5.82 Å². The fourth-order valence-electron chi connectivity index (χ4n) is 1.15. The van der Waals surface area contributed by atoms with Crippen LogP contribution in [0.3, 0.4) is 0 Å². The van der Waals surface area contributed by atoms with Gasteiger partial charge in [-0.2, -0.15) is 0 Å². The molecule has 12 heavy (non-hydrogen) atoms. The van der Waals surface area contributed by atoms with Crippen LogP contribution in [0, 0.1) is 5.82 Å². The number of rotatable bonds is 0. The molecule has 4 heteroatoms. The quantitative estimate of drug-likeness (QED) is 0.741. The van der Waals surface area contributed by atoms with Gasteiger partial charge in [-0.05, 0) is 28.1 Å². The lowest BCUT2D eigenvalue weighted by Gasteiger charge is -2.20. The summed E-state index contributed by atoms with van der Waals surface area (Å²) in [6.07, 6.45) is 0. The summed E-state index contributed by atoms with van der Waals surface area (Å²) in [7, 11) is 0. The molecule has 1 heterocycles. The Labute approximate surface area is 77.9 Å². The SMILES string of the molecule is Fc1ccc2c(c1Br)OCCN2. The highest BCUT2D eigenvalue weighted by Crippen LogP contribution is 2.36. The Morgan fingerprint density at radius 3 is 3.17 bits per heavy atom. The van der Waals surface area contributed by atoms with Gasteiger partial charge in [0, 0.05) is 6.54 Å². The molecule has 0 saturated carbocycles. The Bertz CT molecular complexity index is 316. The van der Waals surface area contributed by atoms with E-state index in [0.29, 0.717) is 16.8 Å². The monoisotopic (exact) mass is 231 g/mol. The molecule has 0 fully saturated rings. The standard InChI is InChI=1S/C8H7BrFNO/c9-7-5(10)1-2-6-8(7)12-4-3-11-6/h1-2,11H,3-4H2. The maximum Gasteiger partial charge on any atom is 0.159 e. The normalized spacial score (nSPS) is 14.5. The maximum atomic E-state index is 13.0. The van der Waals surface area contributed by atoms with Crippen molar-refractivity contribution in [3.63, 3.8) is 0 Å². The van der Waals surface area contributed by atoms with E-state index in [4.69, 9.17) is 4.74 Å².